The summed E-state index contributed by atoms with van der Waals surface area (Å²) < 4.78 is 117. The first-order chi connectivity index (χ1) is 27.6. The van der Waals surface area contributed by atoms with Crippen molar-refractivity contribution in [2.75, 3.05) is 36.4 Å². The maximum Gasteiger partial charge on any atom is 0.335 e. The number of carbonyl (C=O) groups is 2. The Morgan fingerprint density at radius 1 is 0.661 bits per heavy atom. The van der Waals surface area contributed by atoms with Crippen LogP contribution in [0.2, 0.25) is 0 Å². The standard InChI is InChI=1S/C16H18N6O6S2.C14H16N6O6S3/c1-4-29(24,25)13-14(22-8-6-5-7-11(22)18-13)30(26,27)21-16(23)20-15-17-10(2)9-12(19-15)28-3;1-4-28(22,23)10-11(20-5-6-27-14(20)17-10)29(24,25)19-13(21)18-12-15-8(2)7-9(16-12)26-3/h5-9H,4H2,1-3H3,(H2,17,19,20,21,23);5-7H,4H2,1-3H3,(H2,15,16,18,19,21). The van der Waals surface area contributed by atoms with Crippen LogP contribution in [-0.4, -0.2) is 110 Å². The molecule has 59 heavy (non-hydrogen) atoms. The van der Waals surface area contributed by atoms with Gasteiger partial charge in [0.15, 0.2) is 44.7 Å². The Labute approximate surface area is 340 Å². The third-order valence-electron chi connectivity index (χ3n) is 7.49. The Morgan fingerprint density at radius 3 is 1.61 bits per heavy atom. The highest BCUT2D eigenvalue weighted by Gasteiger charge is 2.35. The number of methoxy groups -OCH3 is 2. The first-order valence-corrected chi connectivity index (χ1v) is 23.6. The van der Waals surface area contributed by atoms with Gasteiger partial charge in [-0.15, -0.1) is 11.3 Å². The number of ether oxygens (including phenoxy) is 2. The first-order valence-electron chi connectivity index (χ1n) is 16.5. The average molecular weight is 915 g/mol. The van der Waals surface area contributed by atoms with E-state index in [0.717, 1.165) is 20.1 Å². The number of nitrogens with one attached hydrogen (secondary N) is 4. The van der Waals surface area contributed by atoms with E-state index in [1.165, 1.54) is 70.1 Å². The molecule has 0 spiro atoms. The molecular weight excluding hydrogens is 881 g/mol. The fourth-order valence-corrected chi connectivity index (χ4v) is 11.0. The summed E-state index contributed by atoms with van der Waals surface area (Å²) in [5.74, 6) is -0.781. The van der Waals surface area contributed by atoms with E-state index in [0.29, 0.717) is 11.4 Å². The van der Waals surface area contributed by atoms with Crippen LogP contribution in [0.3, 0.4) is 0 Å². The minimum atomic E-state index is -4.64. The summed E-state index contributed by atoms with van der Waals surface area (Å²) in [4.78, 5) is 48.2. The third-order valence-corrected chi connectivity index (χ3v) is 14.5. The number of hydrogen-bond donors (Lipinski definition) is 4. The molecule has 0 saturated carbocycles. The minimum Gasteiger partial charge on any atom is -0.481 e. The van der Waals surface area contributed by atoms with Crippen molar-refractivity contribution in [3.63, 3.8) is 0 Å². The minimum absolute atomic E-state index is 0.0945. The molecule has 0 fully saturated rings. The molecule has 4 amide bonds. The first kappa shape index (κ1) is 44.1. The Kier molecular flexibility index (Phi) is 12.7. The van der Waals surface area contributed by atoms with Gasteiger partial charge in [-0.1, -0.05) is 19.9 Å². The van der Waals surface area contributed by atoms with E-state index in [1.54, 1.807) is 29.4 Å². The second kappa shape index (κ2) is 17.1. The van der Waals surface area contributed by atoms with Crippen molar-refractivity contribution in [3.05, 3.63) is 59.5 Å². The zero-order valence-electron chi connectivity index (χ0n) is 31.6. The molecule has 6 aromatic heterocycles. The van der Waals surface area contributed by atoms with E-state index >= 15 is 0 Å². The van der Waals surface area contributed by atoms with Crippen molar-refractivity contribution < 1.29 is 52.7 Å². The smallest absolute Gasteiger partial charge is 0.335 e. The van der Waals surface area contributed by atoms with Crippen molar-refractivity contribution in [3.8, 4) is 11.8 Å². The number of aromatic nitrogens is 8. The van der Waals surface area contributed by atoms with Crippen LogP contribution in [0.1, 0.15) is 25.2 Å². The lowest BCUT2D eigenvalue weighted by molar-refractivity contribution is 0.255. The van der Waals surface area contributed by atoms with Gasteiger partial charge in [0, 0.05) is 41.3 Å². The average Bonchev–Trinajstić information content (AvgIpc) is 3.88. The summed E-state index contributed by atoms with van der Waals surface area (Å²) in [7, 11) is -14.5. The van der Waals surface area contributed by atoms with Gasteiger partial charge in [-0.05, 0) is 26.0 Å². The highest BCUT2D eigenvalue weighted by atomic mass is 32.2. The van der Waals surface area contributed by atoms with Crippen LogP contribution < -0.4 is 29.6 Å². The van der Waals surface area contributed by atoms with Crippen LogP contribution in [0.5, 0.6) is 11.8 Å². The number of fused-ring (bicyclic) bond motifs is 2. The van der Waals surface area contributed by atoms with E-state index in [2.05, 4.69) is 40.5 Å². The van der Waals surface area contributed by atoms with Crippen LogP contribution >= 0.6 is 11.3 Å². The van der Waals surface area contributed by atoms with Crippen LogP contribution in [0.15, 0.2) is 68.2 Å². The van der Waals surface area contributed by atoms with Crippen LogP contribution in [0.25, 0.3) is 10.6 Å². The summed E-state index contributed by atoms with van der Waals surface area (Å²) in [5, 5.41) is 3.32. The molecule has 0 aromatic carbocycles. The number of amides is 4. The summed E-state index contributed by atoms with van der Waals surface area (Å²) in [5.41, 5.74) is 1.04. The maximum absolute atomic E-state index is 12.9. The van der Waals surface area contributed by atoms with Gasteiger partial charge in [0.2, 0.25) is 23.7 Å². The number of sulfone groups is 2. The van der Waals surface area contributed by atoms with Crippen molar-refractivity contribution in [1.82, 2.24) is 48.1 Å². The predicted octanol–water partition coefficient (Wildman–Crippen LogP) is 1.55. The normalized spacial score (nSPS) is 12.0. The topological polar surface area (TPSA) is 323 Å². The Hall–Kier alpha value is -6.04. The number of rotatable bonds is 12. The van der Waals surface area contributed by atoms with Crippen LogP contribution in [-0.2, 0) is 39.7 Å². The Bertz CT molecular complexity index is 3040. The lowest BCUT2D eigenvalue weighted by atomic mass is 10.4. The van der Waals surface area contributed by atoms with Crippen LogP contribution in [0.4, 0.5) is 21.5 Å². The van der Waals surface area contributed by atoms with E-state index in [1.807, 2.05) is 0 Å². The maximum atomic E-state index is 12.9. The molecule has 24 nitrogen and oxygen atoms in total. The van der Waals surface area contributed by atoms with Crippen molar-refractivity contribution in [1.29, 1.82) is 0 Å². The Balaban J connectivity index is 0.000000224. The fraction of sp³-hybridized carbons (Fsp3) is 0.267. The van der Waals surface area contributed by atoms with Gasteiger partial charge >= 0.3 is 12.1 Å². The molecule has 0 aliphatic heterocycles. The van der Waals surface area contributed by atoms with Gasteiger partial charge in [-0.2, -0.15) is 26.8 Å². The zero-order valence-corrected chi connectivity index (χ0v) is 35.6. The number of sulfonamides is 2. The van der Waals surface area contributed by atoms with Gasteiger partial charge in [-0.3, -0.25) is 19.4 Å². The molecule has 0 radical (unpaired) electrons. The molecule has 0 aliphatic rings. The largest absolute Gasteiger partial charge is 0.481 e. The number of nitrogens with zero attached hydrogens (tertiary/aromatic N) is 8. The van der Waals surface area contributed by atoms with Gasteiger partial charge in [0.1, 0.15) is 5.65 Å². The quantitative estimate of drug-likeness (QED) is 0.135. The molecule has 0 saturated heterocycles. The number of anilines is 2. The zero-order chi connectivity index (χ0) is 43.5. The number of thiazole rings is 1. The summed E-state index contributed by atoms with van der Waals surface area (Å²) in [6.07, 6.45) is 2.68. The second-order valence-corrected chi connectivity index (χ2v) is 20.1. The monoisotopic (exact) mass is 914 g/mol. The van der Waals surface area contributed by atoms with E-state index < -0.39 is 71.9 Å². The van der Waals surface area contributed by atoms with Gasteiger partial charge < -0.3 is 9.47 Å². The van der Waals surface area contributed by atoms with Crippen LogP contribution in [0, 0.1) is 13.8 Å². The molecule has 6 heterocycles. The molecule has 0 unspecified atom stereocenters. The summed E-state index contributed by atoms with van der Waals surface area (Å²) >= 11 is 1.05. The molecule has 4 N–H and O–H groups in total. The molecule has 6 rings (SSSR count). The van der Waals surface area contributed by atoms with E-state index in [-0.39, 0.29) is 45.8 Å². The molecular formula is C30H34N12O12S5. The molecule has 0 bridgehead atoms. The van der Waals surface area contributed by atoms with Gasteiger partial charge in [0.25, 0.3) is 20.0 Å². The lowest BCUT2D eigenvalue weighted by Gasteiger charge is -2.10. The van der Waals surface area contributed by atoms with E-state index in [9.17, 15) is 43.3 Å². The van der Waals surface area contributed by atoms with Gasteiger partial charge in [0.05, 0.1) is 25.7 Å². The molecule has 29 heteroatoms. The highest BCUT2D eigenvalue weighted by Crippen LogP contribution is 2.27. The fourth-order valence-electron chi connectivity index (χ4n) is 4.86. The number of urea groups is 2. The molecule has 0 aliphatic carbocycles. The van der Waals surface area contributed by atoms with Crippen molar-refractivity contribution in [2.24, 2.45) is 0 Å². The molecule has 6 aromatic rings. The number of hydrogen-bond acceptors (Lipinski definition) is 19. The highest BCUT2D eigenvalue weighted by molar-refractivity contribution is 7.94. The number of carbonyl (C=O) groups excluding carboxylic acids is 2. The predicted molar refractivity (Wildman–Crippen MR) is 209 cm³/mol. The van der Waals surface area contributed by atoms with Crippen molar-refractivity contribution >= 4 is 85.6 Å². The number of imidazole rings is 2. The summed E-state index contributed by atoms with van der Waals surface area (Å²) in [6.45, 7) is 5.98. The Morgan fingerprint density at radius 2 is 1.14 bits per heavy atom. The third kappa shape index (κ3) is 9.81. The number of pyridine rings is 1. The molecule has 316 valence electrons. The van der Waals surface area contributed by atoms with E-state index in [4.69, 9.17) is 9.47 Å². The SMILES string of the molecule is CCS(=O)(=O)c1nc2ccccn2c1S(=O)(=O)NC(=O)Nc1nc(C)cc(OC)n1.CCS(=O)(=O)c1nc2sccn2c1S(=O)(=O)NC(=O)Nc1nc(C)cc(OC)n1. The molecule has 0 atom stereocenters. The lowest BCUT2D eigenvalue weighted by Crippen LogP contribution is -2.36. The number of aryl methyl sites for hydroxylation is 2. The van der Waals surface area contributed by atoms with Gasteiger partial charge in [-0.25, -0.2) is 55.8 Å². The second-order valence-electron chi connectivity index (χ2n) is 11.6. The summed E-state index contributed by atoms with van der Waals surface area (Å²) in [6, 6.07) is 5.19. The van der Waals surface area contributed by atoms with Crippen molar-refractivity contribution in [2.45, 2.75) is 47.8 Å².